The standard InChI is InChI=1S/C11H16N2O2S/c1-7-9(12)5-10(16-7)11(14)13-8-3-2-4-15-6-8/h5,8H,2-4,6,12H2,1H3,(H,13,14). The smallest absolute Gasteiger partial charge is 0.261 e. The zero-order valence-corrected chi connectivity index (χ0v) is 10.1. The number of rotatable bonds is 2. The SMILES string of the molecule is Cc1sc(C(=O)NC2CCCOC2)cc1N. The Labute approximate surface area is 98.8 Å². The Balaban J connectivity index is 1.96. The Hall–Kier alpha value is -1.07. The number of hydrogen-bond acceptors (Lipinski definition) is 4. The molecule has 88 valence electrons. The van der Waals surface area contributed by atoms with E-state index in [2.05, 4.69) is 5.32 Å². The first-order chi connectivity index (χ1) is 7.66. The van der Waals surface area contributed by atoms with Crippen LogP contribution in [0.25, 0.3) is 0 Å². The molecule has 4 nitrogen and oxygen atoms in total. The van der Waals surface area contributed by atoms with Crippen LogP contribution in [-0.2, 0) is 4.74 Å². The third-order valence-electron chi connectivity index (χ3n) is 2.68. The van der Waals surface area contributed by atoms with Crippen LogP contribution in [0.2, 0.25) is 0 Å². The van der Waals surface area contributed by atoms with Crippen LogP contribution in [0, 0.1) is 6.92 Å². The monoisotopic (exact) mass is 240 g/mol. The first-order valence-corrected chi connectivity index (χ1v) is 6.23. The third-order valence-corrected chi connectivity index (χ3v) is 3.74. The minimum atomic E-state index is -0.0414. The molecule has 16 heavy (non-hydrogen) atoms. The quantitative estimate of drug-likeness (QED) is 0.824. The molecular formula is C11H16N2O2S. The lowest BCUT2D eigenvalue weighted by atomic mass is 10.1. The summed E-state index contributed by atoms with van der Waals surface area (Å²) in [4.78, 5) is 13.5. The van der Waals surface area contributed by atoms with E-state index in [9.17, 15) is 4.79 Å². The normalized spacial score (nSPS) is 20.7. The van der Waals surface area contributed by atoms with Crippen LogP contribution in [0.4, 0.5) is 5.69 Å². The summed E-state index contributed by atoms with van der Waals surface area (Å²) in [6.45, 7) is 3.34. The van der Waals surface area contributed by atoms with Gasteiger partial charge in [0, 0.05) is 17.2 Å². The van der Waals surface area contributed by atoms with Gasteiger partial charge in [0.25, 0.3) is 5.91 Å². The Morgan fingerprint density at radius 2 is 2.50 bits per heavy atom. The summed E-state index contributed by atoms with van der Waals surface area (Å²) in [5.74, 6) is -0.0414. The first kappa shape index (κ1) is 11.4. The Kier molecular flexibility index (Phi) is 3.46. The van der Waals surface area contributed by atoms with Crippen molar-refractivity contribution in [2.24, 2.45) is 0 Å². The van der Waals surface area contributed by atoms with E-state index >= 15 is 0 Å². The molecule has 1 saturated heterocycles. The highest BCUT2D eigenvalue weighted by Crippen LogP contribution is 2.23. The highest BCUT2D eigenvalue weighted by atomic mass is 32.1. The minimum Gasteiger partial charge on any atom is -0.398 e. The van der Waals surface area contributed by atoms with Crippen molar-refractivity contribution in [2.75, 3.05) is 18.9 Å². The van der Waals surface area contributed by atoms with Crippen LogP contribution >= 0.6 is 11.3 Å². The highest BCUT2D eigenvalue weighted by Gasteiger charge is 2.18. The number of hydrogen-bond donors (Lipinski definition) is 2. The van der Waals surface area contributed by atoms with Gasteiger partial charge in [-0.1, -0.05) is 0 Å². The topological polar surface area (TPSA) is 64.3 Å². The summed E-state index contributed by atoms with van der Waals surface area (Å²) < 4.78 is 5.31. The second kappa shape index (κ2) is 4.84. The zero-order valence-electron chi connectivity index (χ0n) is 9.29. The van der Waals surface area contributed by atoms with E-state index in [0.29, 0.717) is 17.2 Å². The van der Waals surface area contributed by atoms with Gasteiger partial charge in [-0.25, -0.2) is 0 Å². The lowest BCUT2D eigenvalue weighted by molar-refractivity contribution is 0.0626. The maximum Gasteiger partial charge on any atom is 0.261 e. The minimum absolute atomic E-state index is 0.0414. The lowest BCUT2D eigenvalue weighted by Crippen LogP contribution is -2.40. The van der Waals surface area contributed by atoms with Gasteiger partial charge in [-0.15, -0.1) is 11.3 Å². The predicted octanol–water partition coefficient (Wildman–Crippen LogP) is 1.55. The number of carbonyl (C=O) groups is 1. The van der Waals surface area contributed by atoms with Gasteiger partial charge in [0.15, 0.2) is 0 Å². The van der Waals surface area contributed by atoms with Crippen LogP contribution in [0.1, 0.15) is 27.4 Å². The van der Waals surface area contributed by atoms with Gasteiger partial charge in [-0.2, -0.15) is 0 Å². The molecule has 1 atom stereocenters. The zero-order chi connectivity index (χ0) is 11.5. The van der Waals surface area contributed by atoms with E-state index in [0.717, 1.165) is 24.3 Å². The number of aryl methyl sites for hydroxylation is 1. The van der Waals surface area contributed by atoms with Crippen LogP contribution in [0.15, 0.2) is 6.07 Å². The predicted molar refractivity (Wildman–Crippen MR) is 64.8 cm³/mol. The number of ether oxygens (including phenoxy) is 1. The maximum atomic E-state index is 11.9. The van der Waals surface area contributed by atoms with Crippen molar-refractivity contribution in [3.63, 3.8) is 0 Å². The molecule has 0 bridgehead atoms. The van der Waals surface area contributed by atoms with E-state index in [1.165, 1.54) is 11.3 Å². The van der Waals surface area contributed by atoms with Crippen molar-refractivity contribution >= 4 is 22.9 Å². The van der Waals surface area contributed by atoms with Crippen LogP contribution < -0.4 is 11.1 Å². The van der Waals surface area contributed by atoms with Crippen molar-refractivity contribution in [1.82, 2.24) is 5.32 Å². The Bertz CT molecular complexity index is 364. The number of nitrogens with one attached hydrogen (secondary N) is 1. The Morgan fingerprint density at radius 3 is 3.06 bits per heavy atom. The van der Waals surface area contributed by atoms with Crippen LogP contribution in [0.3, 0.4) is 0 Å². The van der Waals surface area contributed by atoms with Gasteiger partial charge in [-0.3, -0.25) is 4.79 Å². The van der Waals surface area contributed by atoms with Gasteiger partial charge in [0.05, 0.1) is 17.5 Å². The van der Waals surface area contributed by atoms with Crippen molar-refractivity contribution in [3.8, 4) is 0 Å². The largest absolute Gasteiger partial charge is 0.398 e. The van der Waals surface area contributed by atoms with E-state index in [1.807, 2.05) is 6.92 Å². The summed E-state index contributed by atoms with van der Waals surface area (Å²) in [6.07, 6.45) is 2.00. The fourth-order valence-electron chi connectivity index (χ4n) is 1.72. The van der Waals surface area contributed by atoms with Crippen molar-refractivity contribution in [3.05, 3.63) is 15.8 Å². The summed E-state index contributed by atoms with van der Waals surface area (Å²) in [5.41, 5.74) is 6.41. The summed E-state index contributed by atoms with van der Waals surface area (Å²) in [7, 11) is 0. The molecule has 0 saturated carbocycles. The summed E-state index contributed by atoms with van der Waals surface area (Å²) >= 11 is 1.43. The van der Waals surface area contributed by atoms with Gasteiger partial charge < -0.3 is 15.8 Å². The van der Waals surface area contributed by atoms with Gasteiger partial charge in [-0.05, 0) is 25.8 Å². The number of anilines is 1. The molecule has 1 aliphatic heterocycles. The molecule has 2 heterocycles. The molecule has 1 aliphatic rings. The van der Waals surface area contributed by atoms with Crippen molar-refractivity contribution in [1.29, 1.82) is 0 Å². The number of nitrogens with two attached hydrogens (primary N) is 1. The number of nitrogen functional groups attached to an aromatic ring is 1. The van der Waals surface area contributed by atoms with E-state index < -0.39 is 0 Å². The third kappa shape index (κ3) is 2.54. The average Bonchev–Trinajstić information content (AvgIpc) is 2.61. The second-order valence-electron chi connectivity index (χ2n) is 4.01. The molecule has 0 radical (unpaired) electrons. The summed E-state index contributed by atoms with van der Waals surface area (Å²) in [6, 6.07) is 1.88. The molecular weight excluding hydrogens is 224 g/mol. The van der Waals surface area contributed by atoms with Crippen LogP contribution in [0.5, 0.6) is 0 Å². The second-order valence-corrected chi connectivity index (χ2v) is 5.27. The molecule has 0 spiro atoms. The molecule has 0 aliphatic carbocycles. The highest BCUT2D eigenvalue weighted by molar-refractivity contribution is 7.14. The molecule has 1 aromatic heterocycles. The average molecular weight is 240 g/mol. The lowest BCUT2D eigenvalue weighted by Gasteiger charge is -2.22. The fourth-order valence-corrected chi connectivity index (χ4v) is 2.56. The maximum absolute atomic E-state index is 11.9. The molecule has 3 N–H and O–H groups in total. The number of amides is 1. The van der Waals surface area contributed by atoms with E-state index in [1.54, 1.807) is 6.07 Å². The molecule has 2 rings (SSSR count). The number of carbonyl (C=O) groups excluding carboxylic acids is 1. The van der Waals surface area contributed by atoms with Gasteiger partial charge in [0.2, 0.25) is 0 Å². The number of thiophene rings is 1. The molecule has 1 amide bonds. The summed E-state index contributed by atoms with van der Waals surface area (Å²) in [5, 5.41) is 2.97. The Morgan fingerprint density at radius 1 is 1.69 bits per heavy atom. The van der Waals surface area contributed by atoms with Gasteiger partial charge >= 0.3 is 0 Å². The van der Waals surface area contributed by atoms with Crippen LogP contribution in [-0.4, -0.2) is 25.2 Å². The molecule has 1 fully saturated rings. The van der Waals surface area contributed by atoms with Crippen molar-refractivity contribution < 1.29 is 9.53 Å². The molecule has 5 heteroatoms. The molecule has 1 unspecified atom stereocenters. The van der Waals surface area contributed by atoms with Gasteiger partial charge in [0.1, 0.15) is 0 Å². The van der Waals surface area contributed by atoms with E-state index in [4.69, 9.17) is 10.5 Å². The first-order valence-electron chi connectivity index (χ1n) is 5.41. The van der Waals surface area contributed by atoms with E-state index in [-0.39, 0.29) is 11.9 Å². The van der Waals surface area contributed by atoms with Crippen molar-refractivity contribution in [2.45, 2.75) is 25.8 Å². The molecule has 0 aromatic carbocycles. The molecule has 1 aromatic rings. The fraction of sp³-hybridized carbons (Fsp3) is 0.545.